The van der Waals surface area contributed by atoms with Crippen molar-refractivity contribution in [2.45, 2.75) is 56.8 Å². The number of hydrogen-bond donors (Lipinski definition) is 4. The summed E-state index contributed by atoms with van der Waals surface area (Å²) < 4.78 is 5.46. The molecule has 1 heterocycles. The molecular formula is C27H32N2O6. The van der Waals surface area contributed by atoms with Crippen LogP contribution in [-0.2, 0) is 9.53 Å². The van der Waals surface area contributed by atoms with E-state index in [2.05, 4.69) is 10.6 Å². The first-order valence-electron chi connectivity index (χ1n) is 12.3. The highest BCUT2D eigenvalue weighted by Gasteiger charge is 2.34. The van der Waals surface area contributed by atoms with Crippen molar-refractivity contribution in [1.29, 1.82) is 0 Å². The van der Waals surface area contributed by atoms with Gasteiger partial charge < -0.3 is 25.6 Å². The molecule has 3 atom stereocenters. The minimum atomic E-state index is -0.720. The predicted molar refractivity (Wildman–Crippen MR) is 131 cm³/mol. The standard InChI is InChI=1S/C27H32N2O6/c30-16-23-22(31)14-17(35-23)15-24(32)29-13-6-2-1-5-12-28-21-11-7-10-20-25(21)27(34)19-9-4-3-8-18(19)26(20)33/h3-4,7-11,17,22-23,28,30-31H,1-2,5-6,12-16H2,(H,29,32)/t17-,22+,23-/m1/s1. The number of carbonyl (C=O) groups is 3. The maximum Gasteiger partial charge on any atom is 0.222 e. The molecule has 0 bridgehead atoms. The van der Waals surface area contributed by atoms with Gasteiger partial charge in [-0.3, -0.25) is 14.4 Å². The molecule has 0 aromatic heterocycles. The zero-order valence-corrected chi connectivity index (χ0v) is 19.7. The number of benzene rings is 2. The Morgan fingerprint density at radius 3 is 2.31 bits per heavy atom. The Kier molecular flexibility index (Phi) is 8.28. The van der Waals surface area contributed by atoms with Crippen LogP contribution in [0.4, 0.5) is 5.69 Å². The lowest BCUT2D eigenvalue weighted by Crippen LogP contribution is -2.28. The van der Waals surface area contributed by atoms with E-state index in [1.165, 1.54) is 0 Å². The van der Waals surface area contributed by atoms with Crippen LogP contribution in [0.15, 0.2) is 42.5 Å². The van der Waals surface area contributed by atoms with Gasteiger partial charge in [-0.1, -0.05) is 49.2 Å². The highest BCUT2D eigenvalue weighted by Crippen LogP contribution is 2.32. The van der Waals surface area contributed by atoms with Gasteiger partial charge in [-0.25, -0.2) is 0 Å². The van der Waals surface area contributed by atoms with Crippen molar-refractivity contribution in [1.82, 2.24) is 5.32 Å². The molecule has 1 aliphatic carbocycles. The van der Waals surface area contributed by atoms with Crippen molar-refractivity contribution in [3.8, 4) is 0 Å². The molecular weight excluding hydrogens is 448 g/mol. The van der Waals surface area contributed by atoms with Crippen LogP contribution in [0.1, 0.15) is 70.4 Å². The van der Waals surface area contributed by atoms with Gasteiger partial charge in [0.1, 0.15) is 6.10 Å². The number of fused-ring (bicyclic) bond motifs is 2. The summed E-state index contributed by atoms with van der Waals surface area (Å²) in [4.78, 5) is 37.9. The lowest BCUT2D eigenvalue weighted by Gasteiger charge is -2.20. The molecule has 0 saturated carbocycles. The van der Waals surface area contributed by atoms with Crippen LogP contribution in [0.3, 0.4) is 0 Å². The number of anilines is 1. The highest BCUT2D eigenvalue weighted by atomic mass is 16.5. The van der Waals surface area contributed by atoms with Crippen LogP contribution in [0.5, 0.6) is 0 Å². The minimum Gasteiger partial charge on any atom is -0.394 e. The molecule has 0 spiro atoms. The Labute approximate surface area is 204 Å². The Morgan fingerprint density at radius 1 is 0.914 bits per heavy atom. The van der Waals surface area contributed by atoms with Crippen LogP contribution < -0.4 is 10.6 Å². The van der Waals surface area contributed by atoms with Gasteiger partial charge in [0, 0.05) is 41.9 Å². The quantitative estimate of drug-likeness (QED) is 0.311. The largest absolute Gasteiger partial charge is 0.394 e. The van der Waals surface area contributed by atoms with Crippen molar-refractivity contribution in [2.75, 3.05) is 25.0 Å². The van der Waals surface area contributed by atoms with Crippen LogP contribution >= 0.6 is 0 Å². The molecule has 2 aliphatic rings. The lowest BCUT2D eigenvalue weighted by atomic mass is 9.83. The summed E-state index contributed by atoms with van der Waals surface area (Å²) in [7, 11) is 0. The third-order valence-corrected chi connectivity index (χ3v) is 6.59. The molecule has 8 nitrogen and oxygen atoms in total. The third-order valence-electron chi connectivity index (χ3n) is 6.59. The summed E-state index contributed by atoms with van der Waals surface area (Å²) >= 11 is 0. The number of hydrogen-bond acceptors (Lipinski definition) is 7. The molecule has 0 unspecified atom stereocenters. The zero-order valence-electron chi connectivity index (χ0n) is 19.7. The van der Waals surface area contributed by atoms with E-state index < -0.39 is 12.2 Å². The summed E-state index contributed by atoms with van der Waals surface area (Å²) in [6, 6.07) is 12.3. The maximum atomic E-state index is 13.0. The average molecular weight is 481 g/mol. The fraction of sp³-hybridized carbons (Fsp3) is 0.444. The number of aliphatic hydroxyl groups excluding tert-OH is 2. The van der Waals surface area contributed by atoms with E-state index >= 15 is 0 Å². The number of aliphatic hydroxyl groups is 2. The van der Waals surface area contributed by atoms with Gasteiger partial charge in [0.05, 0.1) is 30.8 Å². The molecule has 1 fully saturated rings. The number of carbonyl (C=O) groups excluding carboxylic acids is 3. The number of nitrogens with one attached hydrogen (secondary N) is 2. The fourth-order valence-corrected chi connectivity index (χ4v) is 4.74. The van der Waals surface area contributed by atoms with Crippen LogP contribution in [-0.4, -0.2) is 65.7 Å². The molecule has 2 aromatic rings. The van der Waals surface area contributed by atoms with E-state index in [0.717, 1.165) is 25.7 Å². The Bertz CT molecular complexity index is 1090. The molecule has 4 N–H and O–H groups in total. The molecule has 186 valence electrons. The summed E-state index contributed by atoms with van der Waals surface area (Å²) in [5.74, 6) is -0.361. The molecule has 35 heavy (non-hydrogen) atoms. The zero-order chi connectivity index (χ0) is 24.8. The van der Waals surface area contributed by atoms with Crippen molar-refractivity contribution < 1.29 is 29.3 Å². The molecule has 1 saturated heterocycles. The van der Waals surface area contributed by atoms with Gasteiger partial charge >= 0.3 is 0 Å². The summed E-state index contributed by atoms with van der Waals surface area (Å²) in [6.07, 6.45) is 2.53. The Morgan fingerprint density at radius 2 is 1.60 bits per heavy atom. The van der Waals surface area contributed by atoms with Crippen molar-refractivity contribution in [3.63, 3.8) is 0 Å². The van der Waals surface area contributed by atoms with Gasteiger partial charge in [0.25, 0.3) is 0 Å². The minimum absolute atomic E-state index is 0.114. The topological polar surface area (TPSA) is 125 Å². The van der Waals surface area contributed by atoms with Gasteiger partial charge in [-0.15, -0.1) is 0 Å². The van der Waals surface area contributed by atoms with Crippen molar-refractivity contribution in [2.24, 2.45) is 0 Å². The van der Waals surface area contributed by atoms with E-state index in [0.29, 0.717) is 47.5 Å². The van der Waals surface area contributed by atoms with Crippen LogP contribution in [0.25, 0.3) is 0 Å². The van der Waals surface area contributed by atoms with Crippen LogP contribution in [0, 0.1) is 0 Å². The summed E-state index contributed by atoms with van der Waals surface area (Å²) in [6.45, 7) is 1.01. The van der Waals surface area contributed by atoms with Crippen molar-refractivity contribution >= 4 is 23.2 Å². The second-order valence-corrected chi connectivity index (χ2v) is 9.11. The highest BCUT2D eigenvalue weighted by molar-refractivity contribution is 6.30. The molecule has 0 radical (unpaired) electrons. The SMILES string of the molecule is O=C(C[C@H]1C[C@H](O)[C@@H](CO)O1)NCCCCCCNc1cccc2c1C(=O)c1ccccc1C2=O. The molecule has 1 aliphatic heterocycles. The first-order valence-corrected chi connectivity index (χ1v) is 12.3. The Balaban J connectivity index is 1.15. The van der Waals surface area contributed by atoms with Gasteiger partial charge in [0.2, 0.25) is 5.91 Å². The van der Waals surface area contributed by atoms with Crippen molar-refractivity contribution in [3.05, 3.63) is 64.7 Å². The second kappa shape index (κ2) is 11.6. The van der Waals surface area contributed by atoms with E-state index in [-0.39, 0.29) is 36.6 Å². The van der Waals surface area contributed by atoms with E-state index in [1.807, 2.05) is 6.07 Å². The van der Waals surface area contributed by atoms with Gasteiger partial charge in [0.15, 0.2) is 11.6 Å². The van der Waals surface area contributed by atoms with Crippen LogP contribution in [0.2, 0.25) is 0 Å². The summed E-state index contributed by atoms with van der Waals surface area (Å²) in [5.41, 5.74) is 2.48. The number of amides is 1. The number of ether oxygens (including phenoxy) is 1. The molecule has 1 amide bonds. The number of unbranched alkanes of at least 4 members (excludes halogenated alkanes) is 3. The number of rotatable bonds is 11. The maximum absolute atomic E-state index is 13.0. The first kappa shape index (κ1) is 25.0. The lowest BCUT2D eigenvalue weighted by molar-refractivity contribution is -0.124. The summed E-state index contributed by atoms with van der Waals surface area (Å²) in [5, 5.41) is 25.0. The van der Waals surface area contributed by atoms with E-state index in [9.17, 15) is 19.5 Å². The number of ketones is 2. The third kappa shape index (κ3) is 5.78. The molecule has 2 aromatic carbocycles. The second-order valence-electron chi connectivity index (χ2n) is 9.11. The fourth-order valence-electron chi connectivity index (χ4n) is 4.74. The monoisotopic (exact) mass is 480 g/mol. The normalized spacial score (nSPS) is 20.9. The van der Waals surface area contributed by atoms with Gasteiger partial charge in [-0.2, -0.15) is 0 Å². The smallest absolute Gasteiger partial charge is 0.222 e. The average Bonchev–Trinajstić information content (AvgIpc) is 3.22. The van der Waals surface area contributed by atoms with E-state index in [1.54, 1.807) is 36.4 Å². The van der Waals surface area contributed by atoms with E-state index in [4.69, 9.17) is 9.84 Å². The molecule has 8 heteroatoms. The first-order chi connectivity index (χ1) is 17.0. The predicted octanol–water partition coefficient (Wildman–Crippen LogP) is 2.45. The molecule has 4 rings (SSSR count). The Hall–Kier alpha value is -3.07. The van der Waals surface area contributed by atoms with Gasteiger partial charge in [-0.05, 0) is 18.9 Å².